The van der Waals surface area contributed by atoms with Gasteiger partial charge in [-0.2, -0.15) is 0 Å². The minimum Gasteiger partial charge on any atom is -0.394 e. The summed E-state index contributed by atoms with van der Waals surface area (Å²) in [6, 6.07) is 3.91. The Morgan fingerprint density at radius 2 is 2.06 bits per heavy atom. The number of carbonyl (C=O) groups excluding carboxylic acids is 1. The van der Waals surface area contributed by atoms with Crippen LogP contribution in [0.15, 0.2) is 18.2 Å². The van der Waals surface area contributed by atoms with Gasteiger partial charge in [-0.05, 0) is 19.1 Å². The van der Waals surface area contributed by atoms with Gasteiger partial charge in [0, 0.05) is 11.6 Å². The van der Waals surface area contributed by atoms with Crippen LogP contribution in [0.3, 0.4) is 0 Å². The van der Waals surface area contributed by atoms with Crippen molar-refractivity contribution in [2.24, 2.45) is 0 Å². The zero-order valence-corrected chi connectivity index (χ0v) is 9.79. The lowest BCUT2D eigenvalue weighted by Gasteiger charge is -2.27. The van der Waals surface area contributed by atoms with Crippen molar-refractivity contribution in [2.45, 2.75) is 12.5 Å². The van der Waals surface area contributed by atoms with Gasteiger partial charge in [-0.1, -0.05) is 0 Å². The summed E-state index contributed by atoms with van der Waals surface area (Å²) in [5.74, 6) is 0. The smallest absolute Gasteiger partial charge is 0.293 e. The van der Waals surface area contributed by atoms with E-state index in [1.54, 1.807) is 0 Å². The van der Waals surface area contributed by atoms with Crippen LogP contribution in [0, 0.1) is 10.1 Å². The van der Waals surface area contributed by atoms with Crippen LogP contribution >= 0.6 is 0 Å². The van der Waals surface area contributed by atoms with Crippen LogP contribution in [0.25, 0.3) is 0 Å². The van der Waals surface area contributed by atoms with Crippen molar-refractivity contribution in [2.75, 3.05) is 18.5 Å². The van der Waals surface area contributed by atoms with E-state index in [-0.39, 0.29) is 16.9 Å². The molecule has 0 radical (unpaired) electrons. The maximum Gasteiger partial charge on any atom is 0.293 e. The fraction of sp³-hybridized carbons (Fsp3) is 0.364. The van der Waals surface area contributed by atoms with Crippen LogP contribution in [0.4, 0.5) is 11.4 Å². The molecule has 0 bridgehead atoms. The molecule has 0 aliphatic heterocycles. The van der Waals surface area contributed by atoms with Crippen LogP contribution in [0.5, 0.6) is 0 Å². The third-order valence-corrected chi connectivity index (χ3v) is 2.49. The van der Waals surface area contributed by atoms with E-state index in [9.17, 15) is 14.9 Å². The van der Waals surface area contributed by atoms with E-state index >= 15 is 0 Å². The Kier molecular flexibility index (Phi) is 4.35. The molecular formula is C11H14N2O5. The molecule has 0 saturated carbocycles. The Morgan fingerprint density at radius 3 is 2.50 bits per heavy atom. The fourth-order valence-corrected chi connectivity index (χ4v) is 1.33. The van der Waals surface area contributed by atoms with Crippen LogP contribution in [0.2, 0.25) is 0 Å². The molecular weight excluding hydrogens is 240 g/mol. The predicted octanol–water partition coefficient (Wildman–Crippen LogP) is 0.562. The molecule has 0 heterocycles. The Balaban J connectivity index is 3.16. The lowest BCUT2D eigenvalue weighted by atomic mass is 10.0. The first kappa shape index (κ1) is 14.1. The van der Waals surface area contributed by atoms with Gasteiger partial charge in [0.15, 0.2) is 0 Å². The van der Waals surface area contributed by atoms with Crippen molar-refractivity contribution in [1.82, 2.24) is 0 Å². The van der Waals surface area contributed by atoms with Crippen molar-refractivity contribution >= 4 is 17.7 Å². The average molecular weight is 254 g/mol. The van der Waals surface area contributed by atoms with E-state index in [0.29, 0.717) is 6.29 Å². The monoisotopic (exact) mass is 254 g/mol. The molecule has 0 saturated heterocycles. The van der Waals surface area contributed by atoms with Crippen LogP contribution in [-0.4, -0.2) is 40.2 Å². The first-order valence-electron chi connectivity index (χ1n) is 5.19. The van der Waals surface area contributed by atoms with Crippen molar-refractivity contribution < 1.29 is 19.9 Å². The number of nitrogens with one attached hydrogen (secondary N) is 1. The highest BCUT2D eigenvalue weighted by atomic mass is 16.6. The van der Waals surface area contributed by atoms with E-state index in [0.717, 1.165) is 6.07 Å². The largest absolute Gasteiger partial charge is 0.394 e. The molecule has 0 aliphatic rings. The first-order valence-corrected chi connectivity index (χ1v) is 5.19. The number of aldehydes is 1. The van der Waals surface area contributed by atoms with Gasteiger partial charge in [0.25, 0.3) is 5.69 Å². The molecule has 7 heteroatoms. The molecule has 0 atom stereocenters. The van der Waals surface area contributed by atoms with Crippen molar-refractivity contribution in [3.63, 3.8) is 0 Å². The lowest BCUT2D eigenvalue weighted by molar-refractivity contribution is -0.384. The van der Waals surface area contributed by atoms with Gasteiger partial charge in [0.2, 0.25) is 0 Å². The number of benzene rings is 1. The maximum absolute atomic E-state index is 10.9. The summed E-state index contributed by atoms with van der Waals surface area (Å²) >= 11 is 0. The van der Waals surface area contributed by atoms with Crippen LogP contribution in [0.1, 0.15) is 17.3 Å². The van der Waals surface area contributed by atoms with E-state index in [1.807, 2.05) is 0 Å². The second-order valence-corrected chi connectivity index (χ2v) is 4.15. The minimum absolute atomic E-state index is 0.135. The SMILES string of the molecule is CC(CO)(CO)Nc1ccc(C=O)cc1[N+](=O)[O-]. The van der Waals surface area contributed by atoms with Gasteiger partial charge in [0.05, 0.1) is 23.7 Å². The van der Waals surface area contributed by atoms with E-state index in [1.165, 1.54) is 19.1 Å². The van der Waals surface area contributed by atoms with Gasteiger partial charge in [-0.25, -0.2) is 0 Å². The number of nitro groups is 1. The first-order chi connectivity index (χ1) is 8.45. The third kappa shape index (κ3) is 3.02. The van der Waals surface area contributed by atoms with Crippen LogP contribution < -0.4 is 5.32 Å². The van der Waals surface area contributed by atoms with E-state index in [4.69, 9.17) is 10.2 Å². The number of carbonyl (C=O) groups is 1. The summed E-state index contributed by atoms with van der Waals surface area (Å²) in [7, 11) is 0. The molecule has 1 aromatic rings. The highest BCUT2D eigenvalue weighted by molar-refractivity contribution is 5.79. The van der Waals surface area contributed by atoms with Crippen molar-refractivity contribution in [3.05, 3.63) is 33.9 Å². The second kappa shape index (κ2) is 5.56. The molecule has 0 aliphatic carbocycles. The Hall–Kier alpha value is -1.99. The quantitative estimate of drug-likeness (QED) is 0.388. The standard InChI is InChI=1S/C11H14N2O5/c1-11(6-15,7-16)12-9-3-2-8(5-14)4-10(9)13(17)18/h2-5,12,15-16H,6-7H2,1H3. The molecule has 0 amide bonds. The molecule has 0 unspecified atom stereocenters. The molecule has 1 rings (SSSR count). The number of aliphatic hydroxyl groups excluding tert-OH is 2. The molecule has 1 aromatic carbocycles. The molecule has 7 nitrogen and oxygen atoms in total. The third-order valence-electron chi connectivity index (χ3n) is 2.49. The summed E-state index contributed by atoms with van der Waals surface area (Å²) in [6.45, 7) is 0.733. The lowest BCUT2D eigenvalue weighted by Crippen LogP contribution is -2.42. The van der Waals surface area contributed by atoms with Crippen LogP contribution in [-0.2, 0) is 0 Å². The Morgan fingerprint density at radius 1 is 1.44 bits per heavy atom. The van der Waals surface area contributed by atoms with Gasteiger partial charge in [-0.3, -0.25) is 14.9 Å². The number of aliphatic hydroxyl groups is 2. The fourth-order valence-electron chi connectivity index (χ4n) is 1.33. The van der Waals surface area contributed by atoms with Gasteiger partial charge in [0.1, 0.15) is 12.0 Å². The molecule has 3 N–H and O–H groups in total. The number of rotatable bonds is 6. The topological polar surface area (TPSA) is 113 Å². The number of hydrogen-bond donors (Lipinski definition) is 3. The minimum atomic E-state index is -1.08. The highest BCUT2D eigenvalue weighted by Gasteiger charge is 2.25. The summed E-state index contributed by atoms with van der Waals surface area (Å²) in [5.41, 5.74) is -1.04. The normalized spacial score (nSPS) is 11.1. The molecule has 18 heavy (non-hydrogen) atoms. The summed E-state index contributed by atoms with van der Waals surface area (Å²) in [6.07, 6.45) is 0.508. The molecule has 0 spiro atoms. The van der Waals surface area contributed by atoms with E-state index < -0.39 is 23.7 Å². The molecule has 0 fully saturated rings. The Labute approximate surface area is 103 Å². The van der Waals surface area contributed by atoms with Crippen molar-refractivity contribution in [3.8, 4) is 0 Å². The number of hydrogen-bond acceptors (Lipinski definition) is 6. The average Bonchev–Trinajstić information content (AvgIpc) is 2.38. The summed E-state index contributed by atoms with van der Waals surface area (Å²) in [4.78, 5) is 20.8. The van der Waals surface area contributed by atoms with Crippen molar-refractivity contribution in [1.29, 1.82) is 0 Å². The summed E-state index contributed by atoms with van der Waals surface area (Å²) < 4.78 is 0. The number of nitrogens with zero attached hydrogens (tertiary/aromatic N) is 1. The highest BCUT2D eigenvalue weighted by Crippen LogP contribution is 2.27. The predicted molar refractivity (Wildman–Crippen MR) is 64.7 cm³/mol. The van der Waals surface area contributed by atoms with Gasteiger partial charge in [-0.15, -0.1) is 0 Å². The number of anilines is 1. The molecule has 98 valence electrons. The number of nitro benzene ring substituents is 1. The van der Waals surface area contributed by atoms with Gasteiger partial charge >= 0.3 is 0 Å². The van der Waals surface area contributed by atoms with E-state index in [2.05, 4.69) is 5.32 Å². The zero-order valence-electron chi connectivity index (χ0n) is 9.79. The summed E-state index contributed by atoms with van der Waals surface area (Å²) in [5, 5.41) is 31.8. The molecule has 0 aromatic heterocycles. The maximum atomic E-state index is 10.9. The zero-order chi connectivity index (χ0) is 13.8. The Bertz CT molecular complexity index is 457. The van der Waals surface area contributed by atoms with Gasteiger partial charge < -0.3 is 15.5 Å². The second-order valence-electron chi connectivity index (χ2n) is 4.15.